The zero-order valence-electron chi connectivity index (χ0n) is 16.1. The summed E-state index contributed by atoms with van der Waals surface area (Å²) in [6, 6.07) is 13.4. The van der Waals surface area contributed by atoms with Crippen molar-refractivity contribution in [1.29, 1.82) is 0 Å². The van der Waals surface area contributed by atoms with Gasteiger partial charge in [-0.1, -0.05) is 18.2 Å². The van der Waals surface area contributed by atoms with Gasteiger partial charge in [0, 0.05) is 11.8 Å². The highest BCUT2D eigenvalue weighted by atomic mass is 32.2. The SMILES string of the molecule is Cc1cnc2ccc(C(=O)c3c(F)ccc(NS(=O)(=O)c4ccccc4)c3F)cc2n1. The van der Waals surface area contributed by atoms with Gasteiger partial charge in [0.05, 0.1) is 32.9 Å². The van der Waals surface area contributed by atoms with Crippen LogP contribution in [-0.4, -0.2) is 24.2 Å². The quantitative estimate of drug-likeness (QED) is 0.470. The summed E-state index contributed by atoms with van der Waals surface area (Å²) in [5.74, 6) is -3.36. The molecule has 0 spiro atoms. The number of fused-ring (bicyclic) bond motifs is 1. The predicted molar refractivity (Wildman–Crippen MR) is 111 cm³/mol. The van der Waals surface area contributed by atoms with Crippen molar-refractivity contribution >= 4 is 32.5 Å². The summed E-state index contributed by atoms with van der Waals surface area (Å²) >= 11 is 0. The van der Waals surface area contributed by atoms with Gasteiger partial charge in [0.15, 0.2) is 11.6 Å². The molecule has 1 heterocycles. The number of nitrogens with zero attached hydrogens (tertiary/aromatic N) is 2. The van der Waals surface area contributed by atoms with Crippen LogP contribution in [0.1, 0.15) is 21.6 Å². The molecular weight excluding hydrogens is 424 g/mol. The van der Waals surface area contributed by atoms with Gasteiger partial charge in [0.2, 0.25) is 0 Å². The number of hydrogen-bond acceptors (Lipinski definition) is 5. The van der Waals surface area contributed by atoms with E-state index in [1.807, 2.05) is 0 Å². The van der Waals surface area contributed by atoms with Crippen LogP contribution in [0.3, 0.4) is 0 Å². The Bertz CT molecular complexity index is 1430. The Kier molecular flexibility index (Phi) is 5.20. The summed E-state index contributed by atoms with van der Waals surface area (Å²) in [5.41, 5.74) is 0.123. The zero-order valence-corrected chi connectivity index (χ0v) is 17.0. The molecule has 6 nitrogen and oxygen atoms in total. The first-order valence-electron chi connectivity index (χ1n) is 9.10. The van der Waals surface area contributed by atoms with Crippen LogP contribution in [0.2, 0.25) is 0 Å². The lowest BCUT2D eigenvalue weighted by Crippen LogP contribution is -2.16. The minimum Gasteiger partial charge on any atom is -0.288 e. The Morgan fingerprint density at radius 2 is 1.71 bits per heavy atom. The minimum absolute atomic E-state index is 0.00623. The van der Waals surface area contributed by atoms with Gasteiger partial charge >= 0.3 is 0 Å². The lowest BCUT2D eigenvalue weighted by atomic mass is 10.0. The first kappa shape index (κ1) is 20.5. The maximum Gasteiger partial charge on any atom is 0.261 e. The van der Waals surface area contributed by atoms with Gasteiger partial charge in [0.1, 0.15) is 5.82 Å². The summed E-state index contributed by atoms with van der Waals surface area (Å²) in [4.78, 5) is 21.2. The summed E-state index contributed by atoms with van der Waals surface area (Å²) < 4.78 is 56.6. The fourth-order valence-electron chi connectivity index (χ4n) is 3.03. The molecular formula is C22H15F2N3O3S. The van der Waals surface area contributed by atoms with Crippen LogP contribution >= 0.6 is 0 Å². The number of ketones is 1. The van der Waals surface area contributed by atoms with Crippen molar-refractivity contribution in [3.05, 3.63) is 95.3 Å². The van der Waals surface area contributed by atoms with Crippen LogP contribution < -0.4 is 4.72 Å². The van der Waals surface area contributed by atoms with E-state index in [0.717, 1.165) is 12.1 Å². The third kappa shape index (κ3) is 3.99. The molecule has 4 rings (SSSR count). The van der Waals surface area contributed by atoms with Crippen LogP contribution in [0.25, 0.3) is 11.0 Å². The van der Waals surface area contributed by atoms with E-state index in [2.05, 4.69) is 14.7 Å². The number of nitrogens with one attached hydrogen (secondary N) is 1. The van der Waals surface area contributed by atoms with Crippen LogP contribution in [0.5, 0.6) is 0 Å². The topological polar surface area (TPSA) is 89.0 Å². The Morgan fingerprint density at radius 1 is 0.968 bits per heavy atom. The molecule has 0 radical (unpaired) electrons. The molecule has 0 unspecified atom stereocenters. The molecule has 0 bridgehead atoms. The van der Waals surface area contributed by atoms with Gasteiger partial charge in [-0.25, -0.2) is 22.2 Å². The number of sulfonamides is 1. The second-order valence-corrected chi connectivity index (χ2v) is 8.43. The summed E-state index contributed by atoms with van der Waals surface area (Å²) in [6.45, 7) is 1.72. The second-order valence-electron chi connectivity index (χ2n) is 6.75. The van der Waals surface area contributed by atoms with E-state index in [-0.39, 0.29) is 10.5 Å². The summed E-state index contributed by atoms with van der Waals surface area (Å²) in [7, 11) is -4.13. The number of hydrogen-bond donors (Lipinski definition) is 1. The molecule has 0 aliphatic carbocycles. The van der Waals surface area contributed by atoms with Gasteiger partial charge in [0.25, 0.3) is 10.0 Å². The number of carbonyl (C=O) groups excluding carboxylic acids is 1. The van der Waals surface area contributed by atoms with E-state index >= 15 is 4.39 Å². The van der Waals surface area contributed by atoms with Crippen molar-refractivity contribution in [2.45, 2.75) is 11.8 Å². The normalized spacial score (nSPS) is 11.5. The molecule has 31 heavy (non-hydrogen) atoms. The van der Waals surface area contributed by atoms with E-state index in [1.54, 1.807) is 19.2 Å². The van der Waals surface area contributed by atoms with Crippen molar-refractivity contribution in [2.24, 2.45) is 0 Å². The van der Waals surface area contributed by atoms with E-state index in [9.17, 15) is 17.6 Å². The van der Waals surface area contributed by atoms with Crippen LogP contribution in [0.4, 0.5) is 14.5 Å². The van der Waals surface area contributed by atoms with Gasteiger partial charge in [-0.3, -0.25) is 14.5 Å². The lowest BCUT2D eigenvalue weighted by molar-refractivity contribution is 0.103. The highest BCUT2D eigenvalue weighted by Gasteiger charge is 2.25. The predicted octanol–water partition coefficient (Wildman–Crippen LogP) is 4.25. The fraction of sp³-hybridized carbons (Fsp3) is 0.0455. The molecule has 0 saturated heterocycles. The Labute approximate surface area is 176 Å². The molecule has 0 aliphatic heterocycles. The third-order valence-corrected chi connectivity index (χ3v) is 5.92. The first-order chi connectivity index (χ1) is 14.8. The molecule has 0 atom stereocenters. The molecule has 0 fully saturated rings. The number of aromatic nitrogens is 2. The molecule has 156 valence electrons. The number of benzene rings is 3. The fourth-order valence-corrected chi connectivity index (χ4v) is 4.11. The maximum absolute atomic E-state index is 15.1. The smallest absolute Gasteiger partial charge is 0.261 e. The van der Waals surface area contributed by atoms with Crippen LogP contribution in [0.15, 0.2) is 71.8 Å². The summed E-state index contributed by atoms with van der Waals surface area (Å²) in [6.07, 6.45) is 1.56. The van der Waals surface area contributed by atoms with Crippen molar-refractivity contribution in [2.75, 3.05) is 4.72 Å². The summed E-state index contributed by atoms with van der Waals surface area (Å²) in [5, 5.41) is 0. The van der Waals surface area contributed by atoms with Gasteiger partial charge < -0.3 is 0 Å². The number of aryl methyl sites for hydroxylation is 1. The number of carbonyl (C=O) groups is 1. The van der Waals surface area contributed by atoms with E-state index in [4.69, 9.17) is 0 Å². The van der Waals surface area contributed by atoms with Crippen molar-refractivity contribution in [3.63, 3.8) is 0 Å². The second kappa shape index (κ2) is 7.84. The molecule has 1 N–H and O–H groups in total. The van der Waals surface area contributed by atoms with Crippen molar-refractivity contribution in [3.8, 4) is 0 Å². The molecule has 3 aromatic carbocycles. The van der Waals surface area contributed by atoms with Crippen molar-refractivity contribution in [1.82, 2.24) is 9.97 Å². The molecule has 0 aliphatic rings. The van der Waals surface area contributed by atoms with E-state index in [1.165, 1.54) is 42.5 Å². The number of halogens is 2. The van der Waals surface area contributed by atoms with Crippen LogP contribution in [0, 0.1) is 18.6 Å². The number of anilines is 1. The van der Waals surface area contributed by atoms with Gasteiger partial charge in [-0.2, -0.15) is 0 Å². The lowest BCUT2D eigenvalue weighted by Gasteiger charge is -2.12. The van der Waals surface area contributed by atoms with Crippen LogP contribution in [-0.2, 0) is 10.0 Å². The standard InChI is InChI=1S/C22H15F2N3O3S/c1-13-12-25-17-9-7-14(11-19(17)26-13)22(28)20-16(23)8-10-18(21(20)24)27-31(29,30)15-5-3-2-4-6-15/h2-12,27H,1H3. The Morgan fingerprint density at radius 3 is 2.45 bits per heavy atom. The minimum atomic E-state index is -4.13. The largest absolute Gasteiger partial charge is 0.288 e. The highest BCUT2D eigenvalue weighted by Crippen LogP contribution is 2.27. The van der Waals surface area contributed by atoms with E-state index < -0.39 is 38.7 Å². The average Bonchev–Trinajstić information content (AvgIpc) is 2.76. The van der Waals surface area contributed by atoms with Gasteiger partial charge in [-0.05, 0) is 49.4 Å². The van der Waals surface area contributed by atoms with E-state index in [0.29, 0.717) is 16.7 Å². The Balaban J connectivity index is 1.75. The van der Waals surface area contributed by atoms with Gasteiger partial charge in [-0.15, -0.1) is 0 Å². The Hall–Kier alpha value is -3.72. The monoisotopic (exact) mass is 439 g/mol. The first-order valence-corrected chi connectivity index (χ1v) is 10.6. The molecule has 0 amide bonds. The molecule has 4 aromatic rings. The molecule has 9 heteroatoms. The molecule has 0 saturated carbocycles. The third-order valence-electron chi connectivity index (χ3n) is 4.54. The average molecular weight is 439 g/mol. The van der Waals surface area contributed by atoms with Crippen molar-refractivity contribution < 1.29 is 22.0 Å². The zero-order chi connectivity index (χ0) is 22.2. The maximum atomic E-state index is 15.1. The number of rotatable bonds is 5. The highest BCUT2D eigenvalue weighted by molar-refractivity contribution is 7.92. The molecule has 1 aromatic heterocycles.